The quantitative estimate of drug-likeness (QED) is 0.0264. The summed E-state index contributed by atoms with van der Waals surface area (Å²) in [5.41, 5.74) is -9.74. The summed E-state index contributed by atoms with van der Waals surface area (Å²) in [7, 11) is -74.7. The third-order valence-corrected chi connectivity index (χ3v) is 78.2. The molecule has 0 aliphatic carbocycles. The average molecular weight is 1710 g/mol. The highest BCUT2D eigenvalue weighted by Crippen LogP contribution is 2.55. The summed E-state index contributed by atoms with van der Waals surface area (Å²) in [6.45, 7) is 57.5. The van der Waals surface area contributed by atoms with Crippen LogP contribution < -0.4 is 0 Å². The van der Waals surface area contributed by atoms with Crippen LogP contribution in [0.3, 0.4) is 0 Å². The van der Waals surface area contributed by atoms with Gasteiger partial charge in [0, 0.05) is 0 Å². The Labute approximate surface area is 617 Å². The highest BCUT2D eigenvalue weighted by atomic mass is 28.7. The molecule has 0 unspecified atom stereocenters. The van der Waals surface area contributed by atoms with Gasteiger partial charge in [-0.2, -0.15) is 0 Å². The number of hydrogen-bond donors (Lipinski definition) is 8. The van der Waals surface area contributed by atoms with E-state index in [0.29, 0.717) is 0 Å². The van der Waals surface area contributed by atoms with E-state index in [0.717, 1.165) is 0 Å². The highest BCUT2D eigenvalue weighted by Gasteiger charge is 2.93. The van der Waals surface area contributed by atoms with Crippen molar-refractivity contribution in [1.29, 1.82) is 0 Å². The predicted molar refractivity (Wildman–Crippen MR) is 413 cm³/mol. The molecule has 6 aliphatic rings. The van der Waals surface area contributed by atoms with E-state index < -0.39 is 184 Å². The smallest absolute Gasteiger partial charge is 0.395 e. The maximum Gasteiger partial charge on any atom is 0.651 e. The van der Waals surface area contributed by atoms with Crippen molar-refractivity contribution in [3.05, 3.63) is 0 Å². The van der Waals surface area contributed by atoms with E-state index in [-0.39, 0.29) is 99.7 Å². The lowest BCUT2D eigenvalue weighted by Gasteiger charge is -2.61. The van der Waals surface area contributed by atoms with Gasteiger partial charge in [0.15, 0.2) is 66.5 Å². The molecule has 0 saturated carbocycles. The Balaban J connectivity index is 2.26. The van der Waals surface area contributed by atoms with Crippen LogP contribution in [-0.2, 0) is 82.3 Å². The zero-order chi connectivity index (χ0) is 77.5. The van der Waals surface area contributed by atoms with Crippen molar-refractivity contribution in [2.24, 2.45) is 0 Å². The Hall–Kier alpha value is 2.35. The first-order valence-corrected chi connectivity index (χ1v) is 73.6. The first-order valence-electron chi connectivity index (χ1n) is 35.6. The van der Waals surface area contributed by atoms with E-state index in [2.05, 4.69) is 0 Å². The molecule has 6 fully saturated rings. The van der Waals surface area contributed by atoms with Gasteiger partial charge >= 0.3 is 72.4 Å². The molecule has 0 spiro atoms. The molecule has 6 rings (SSSR count). The Morgan fingerprint density at radius 2 is 0.250 bits per heavy atom. The maximum atomic E-state index is 11.5. The van der Waals surface area contributed by atoms with Crippen LogP contribution in [0.4, 0.5) is 0 Å². The fraction of sp³-hybridized carbons (Fsp3) is 1.00. The van der Waals surface area contributed by atoms with Gasteiger partial charge in [0.2, 0.25) is 0 Å². The number of rotatable bonds is 40. The van der Waals surface area contributed by atoms with E-state index in [1.54, 1.807) is 111 Å². The van der Waals surface area contributed by atoms with Crippen molar-refractivity contribution >= 4 is 139 Å². The van der Waals surface area contributed by atoms with Crippen LogP contribution in [-0.4, -0.2) is 225 Å². The third kappa shape index (κ3) is 31.1. The minimum atomic E-state index is -5.77. The number of hydrogen-bond acceptors (Lipinski definition) is 28. The van der Waals surface area contributed by atoms with Gasteiger partial charge in [-0.15, -0.1) is 0 Å². The normalized spacial score (nSPS) is 30.0. The summed E-state index contributed by atoms with van der Waals surface area (Å²) in [5, 5.41) is 92.4. The monoisotopic (exact) mass is 1700 g/mol. The van der Waals surface area contributed by atoms with Gasteiger partial charge in [0.05, 0.1) is 44.8 Å². The highest BCUT2D eigenvalue weighted by molar-refractivity contribution is 7.04. The second kappa shape index (κ2) is 30.7. The van der Waals surface area contributed by atoms with Crippen LogP contribution in [0.25, 0.3) is 0 Å². The lowest BCUT2D eigenvalue weighted by molar-refractivity contribution is -0.130. The molecular formula is C56H136O28Si16. The van der Waals surface area contributed by atoms with Crippen LogP contribution in [0.2, 0.25) is 153 Å². The standard InChI is InChI=1S/C56H136O28Si16/c1-49(2,57)33-41-85(17,18)65-93-73-94(66-86(19,20)42-34-50(3,4)58)76-97(69-89(25,26)45-37-53(9,10)61)78-95(74-93,67-87(21,22)43-35-51(5,6)59)80-99(71-91(29,30)47-39-55(13,14)63)81-96(75-93,68-88(23,24)44-36-52(7,8)60)79-98(77-94,70-90(27,28)46-38-54(11,12)62)83-100(82-97,84-99)72-92(31,32)48-40-56(15,16)64/h57-64H,33-48H2,1-32H3. The van der Waals surface area contributed by atoms with Crippen LogP contribution >= 0.6 is 0 Å². The fourth-order valence-electron chi connectivity index (χ4n) is 10.8. The molecule has 6 heterocycles. The van der Waals surface area contributed by atoms with Crippen LogP contribution in [0.1, 0.15) is 162 Å². The molecule has 28 nitrogen and oxygen atoms in total. The SMILES string of the molecule is CC(C)(O)CC[Si](C)(C)O[Si]12O[Si]3(O[Si](C)(C)CCC(C)(C)O)O[Si]4(O[Si](C)(C)CCC(C)(C)O)O[Si](O[Si](C)(C)CCC(C)(C)O)(O1)O[Si]1(O[Si](C)(C)CCC(C)(C)O)O[Si](O[Si](C)(C)CCC(C)(C)O)(O2)O[Si](O[Si](C)(C)CCC(C)(C)O)(O3)O[Si](O[Si](C)(C)CCC(C)(C)O)(O4)O1. The largest absolute Gasteiger partial charge is 0.651 e. The average Bonchev–Trinajstić information content (AvgIpc) is 0.678. The lowest BCUT2D eigenvalue weighted by Crippen LogP contribution is -2.93. The summed E-state index contributed by atoms with van der Waals surface area (Å²) >= 11 is 0. The van der Waals surface area contributed by atoms with Crippen LogP contribution in [0.5, 0.6) is 0 Å². The molecule has 0 aromatic rings. The van der Waals surface area contributed by atoms with E-state index in [4.69, 9.17) is 82.3 Å². The second-order valence-corrected chi connectivity index (χ2v) is 95.1. The van der Waals surface area contributed by atoms with Crippen molar-refractivity contribution in [3.8, 4) is 0 Å². The predicted octanol–water partition coefficient (Wildman–Crippen LogP) is 10.8. The van der Waals surface area contributed by atoms with Gasteiger partial charge in [-0.05, 0) is 315 Å². The van der Waals surface area contributed by atoms with Crippen molar-refractivity contribution < 1.29 is 123 Å². The minimum absolute atomic E-state index is 0.208. The molecule has 100 heavy (non-hydrogen) atoms. The second-order valence-electron chi connectivity index (χ2n) is 38.6. The zero-order valence-electron chi connectivity index (χ0n) is 67.1. The topological polar surface area (TPSA) is 346 Å². The van der Waals surface area contributed by atoms with Gasteiger partial charge in [0.1, 0.15) is 0 Å². The van der Waals surface area contributed by atoms with Gasteiger partial charge in [-0.3, -0.25) is 0 Å². The van der Waals surface area contributed by atoms with E-state index in [9.17, 15) is 40.9 Å². The minimum Gasteiger partial charge on any atom is -0.395 e. The first kappa shape index (κ1) is 93.0. The summed E-state index contributed by atoms with van der Waals surface area (Å²) in [5.74, 6) is 0. The maximum absolute atomic E-state index is 11.5. The molecule has 0 aromatic carbocycles. The summed E-state index contributed by atoms with van der Waals surface area (Å²) in [6, 6.07) is 1.88. The van der Waals surface area contributed by atoms with Crippen molar-refractivity contribution in [3.63, 3.8) is 0 Å². The molecular weight excluding hydrogens is 1570 g/mol. The molecule has 0 aromatic heterocycles. The van der Waals surface area contributed by atoms with Gasteiger partial charge in [-0.25, -0.2) is 0 Å². The van der Waals surface area contributed by atoms with Crippen LogP contribution in [0, 0.1) is 0 Å². The van der Waals surface area contributed by atoms with Crippen molar-refractivity contribution in [2.45, 2.75) is 360 Å². The molecule has 44 heteroatoms. The van der Waals surface area contributed by atoms with E-state index >= 15 is 0 Å². The lowest BCUT2D eigenvalue weighted by atomic mass is 10.1. The molecule has 592 valence electrons. The molecule has 0 radical (unpaired) electrons. The van der Waals surface area contributed by atoms with Gasteiger partial charge in [-0.1, -0.05) is 0 Å². The summed E-state index contributed by atoms with van der Waals surface area (Å²) in [6.07, 6.45) is 1.67. The molecule has 6 saturated heterocycles. The Morgan fingerprint density at radius 1 is 0.180 bits per heavy atom. The van der Waals surface area contributed by atoms with Gasteiger partial charge in [0.25, 0.3) is 0 Å². The van der Waals surface area contributed by atoms with E-state index in [1.807, 2.05) is 105 Å². The molecule has 6 aliphatic heterocycles. The zero-order valence-corrected chi connectivity index (χ0v) is 83.1. The van der Waals surface area contributed by atoms with Crippen LogP contribution in [0.15, 0.2) is 0 Å². The molecule has 0 amide bonds. The Morgan fingerprint density at radius 3 is 0.310 bits per heavy atom. The molecule has 8 bridgehead atoms. The van der Waals surface area contributed by atoms with Crippen molar-refractivity contribution in [1.82, 2.24) is 0 Å². The fourth-order valence-corrected chi connectivity index (χ4v) is 86.1. The van der Waals surface area contributed by atoms with E-state index in [1.165, 1.54) is 0 Å². The third-order valence-electron chi connectivity index (χ3n) is 16.9. The summed E-state index contributed by atoms with van der Waals surface area (Å²) in [4.78, 5) is 0. The van der Waals surface area contributed by atoms with Crippen molar-refractivity contribution in [2.75, 3.05) is 0 Å². The number of aliphatic hydroxyl groups is 8. The first-order chi connectivity index (χ1) is 43.8. The Kier molecular flexibility index (Phi) is 28.5. The molecule has 0 atom stereocenters. The Bertz CT molecular complexity index is 2110. The van der Waals surface area contributed by atoms with Gasteiger partial charge < -0.3 is 123 Å². The summed E-state index contributed by atoms with van der Waals surface area (Å²) < 4.78 is 158. The molecule has 8 N–H and O–H groups in total.